The van der Waals surface area contributed by atoms with Crippen molar-refractivity contribution >= 4 is 0 Å². The van der Waals surface area contributed by atoms with Gasteiger partial charge in [-0.1, -0.05) is 6.92 Å². The predicted octanol–water partition coefficient (Wildman–Crippen LogP) is 2.69. The van der Waals surface area contributed by atoms with E-state index in [0.29, 0.717) is 13.2 Å². The molecule has 1 atom stereocenters. The highest BCUT2D eigenvalue weighted by Gasteiger charge is 2.28. The van der Waals surface area contributed by atoms with Gasteiger partial charge in [0.05, 0.1) is 24.4 Å². The molecule has 1 unspecified atom stereocenters. The Morgan fingerprint density at radius 2 is 2.06 bits per heavy atom. The number of nitrogens with zero attached hydrogens (tertiary/aromatic N) is 1. The molecule has 1 heterocycles. The first-order valence-corrected chi connectivity index (χ1v) is 6.48. The highest BCUT2D eigenvalue weighted by Crippen LogP contribution is 2.28. The van der Waals surface area contributed by atoms with E-state index in [0.717, 1.165) is 17.7 Å². The third-order valence-electron chi connectivity index (χ3n) is 2.83. The Morgan fingerprint density at radius 1 is 1.33 bits per heavy atom. The van der Waals surface area contributed by atoms with E-state index in [9.17, 15) is 0 Å². The van der Waals surface area contributed by atoms with Crippen molar-refractivity contribution in [2.45, 2.75) is 45.8 Å². The molecule has 0 radical (unpaired) electrons. The molecular weight excluding hydrogens is 228 g/mol. The number of aromatic nitrogens is 1. The Balaban J connectivity index is 2.82. The number of pyridine rings is 1. The van der Waals surface area contributed by atoms with Crippen LogP contribution in [-0.2, 0) is 4.74 Å². The zero-order chi connectivity index (χ0) is 13.6. The molecule has 0 aliphatic rings. The minimum atomic E-state index is -0.417. The molecule has 4 nitrogen and oxygen atoms in total. The molecule has 0 aliphatic heterocycles. The molecule has 1 aromatic rings. The average Bonchev–Trinajstić information content (AvgIpc) is 2.35. The van der Waals surface area contributed by atoms with Crippen LogP contribution >= 0.6 is 0 Å². The van der Waals surface area contributed by atoms with Crippen LogP contribution in [0.1, 0.15) is 45.7 Å². The molecular formula is C14H24N2O2. The van der Waals surface area contributed by atoms with Crippen molar-refractivity contribution in [3.63, 3.8) is 0 Å². The van der Waals surface area contributed by atoms with Gasteiger partial charge in [0.2, 0.25) is 0 Å². The van der Waals surface area contributed by atoms with Crippen LogP contribution in [0, 0.1) is 0 Å². The number of ether oxygens (including phenoxy) is 2. The first kappa shape index (κ1) is 14.9. The lowest BCUT2D eigenvalue weighted by Crippen LogP contribution is -2.38. The van der Waals surface area contributed by atoms with Gasteiger partial charge in [0.1, 0.15) is 5.75 Å². The quantitative estimate of drug-likeness (QED) is 0.810. The Bertz CT molecular complexity index is 367. The molecule has 0 bridgehead atoms. The van der Waals surface area contributed by atoms with E-state index >= 15 is 0 Å². The molecule has 1 aromatic heterocycles. The van der Waals surface area contributed by atoms with Gasteiger partial charge < -0.3 is 15.2 Å². The second-order valence-corrected chi connectivity index (χ2v) is 4.82. The van der Waals surface area contributed by atoms with Gasteiger partial charge in [-0.3, -0.25) is 4.98 Å². The minimum Gasteiger partial charge on any atom is -0.492 e. The van der Waals surface area contributed by atoms with Crippen molar-refractivity contribution in [3.05, 3.63) is 24.0 Å². The fraction of sp³-hybridized carbons (Fsp3) is 0.643. The molecule has 0 aliphatic carbocycles. The molecule has 0 saturated heterocycles. The molecule has 0 spiro atoms. The number of nitrogens with two attached hydrogens (primary N) is 1. The van der Waals surface area contributed by atoms with Crippen molar-refractivity contribution in [1.82, 2.24) is 4.98 Å². The zero-order valence-electron chi connectivity index (χ0n) is 11.8. The molecule has 18 heavy (non-hydrogen) atoms. The lowest BCUT2D eigenvalue weighted by Gasteiger charge is -2.31. The highest BCUT2D eigenvalue weighted by atomic mass is 16.5. The van der Waals surface area contributed by atoms with E-state index < -0.39 is 5.60 Å². The Morgan fingerprint density at radius 3 is 2.67 bits per heavy atom. The van der Waals surface area contributed by atoms with E-state index in [4.69, 9.17) is 15.2 Å². The summed E-state index contributed by atoms with van der Waals surface area (Å²) in [6.45, 7) is 9.34. The van der Waals surface area contributed by atoms with Gasteiger partial charge in [0.25, 0.3) is 0 Å². The van der Waals surface area contributed by atoms with Crippen molar-refractivity contribution in [2.24, 2.45) is 5.73 Å². The summed E-state index contributed by atoms with van der Waals surface area (Å²) in [4.78, 5) is 4.17. The number of rotatable bonds is 7. The lowest BCUT2D eigenvalue weighted by molar-refractivity contribution is -0.0299. The van der Waals surface area contributed by atoms with E-state index in [1.165, 1.54) is 0 Å². The second kappa shape index (κ2) is 6.71. The molecule has 0 aromatic carbocycles. The van der Waals surface area contributed by atoms with Crippen LogP contribution in [0.4, 0.5) is 0 Å². The van der Waals surface area contributed by atoms with Crippen LogP contribution < -0.4 is 10.5 Å². The Labute approximate surface area is 110 Å². The number of hydrogen-bond donors (Lipinski definition) is 1. The Hall–Kier alpha value is -1.13. The molecule has 0 amide bonds. The van der Waals surface area contributed by atoms with Gasteiger partial charge in [0.15, 0.2) is 0 Å². The average molecular weight is 252 g/mol. The fourth-order valence-corrected chi connectivity index (χ4v) is 1.77. The van der Waals surface area contributed by atoms with E-state index in [1.54, 1.807) is 12.4 Å². The van der Waals surface area contributed by atoms with Gasteiger partial charge >= 0.3 is 0 Å². The summed E-state index contributed by atoms with van der Waals surface area (Å²) in [6, 6.07) is 1.71. The Kier molecular flexibility index (Phi) is 5.56. The molecule has 2 N–H and O–H groups in total. The monoisotopic (exact) mass is 252 g/mol. The smallest absolute Gasteiger partial charge is 0.137 e. The number of hydrogen-bond acceptors (Lipinski definition) is 4. The van der Waals surface area contributed by atoms with Crippen LogP contribution in [0.15, 0.2) is 18.5 Å². The van der Waals surface area contributed by atoms with Gasteiger partial charge in [-0.25, -0.2) is 0 Å². The molecule has 1 rings (SSSR count). The molecule has 4 heteroatoms. The highest BCUT2D eigenvalue weighted by molar-refractivity contribution is 5.27. The largest absolute Gasteiger partial charge is 0.492 e. The lowest BCUT2D eigenvalue weighted by atomic mass is 9.93. The summed E-state index contributed by atoms with van der Waals surface area (Å²) in [5, 5.41) is 0. The van der Waals surface area contributed by atoms with Crippen LogP contribution in [-0.4, -0.2) is 23.8 Å². The van der Waals surface area contributed by atoms with Crippen molar-refractivity contribution in [3.8, 4) is 5.75 Å². The molecule has 0 fully saturated rings. The third kappa shape index (κ3) is 3.96. The molecule has 102 valence electrons. The first-order valence-electron chi connectivity index (χ1n) is 6.48. The first-order chi connectivity index (χ1) is 8.51. The summed E-state index contributed by atoms with van der Waals surface area (Å²) >= 11 is 0. The van der Waals surface area contributed by atoms with Crippen LogP contribution in [0.25, 0.3) is 0 Å². The predicted molar refractivity (Wildman–Crippen MR) is 72.7 cm³/mol. The SMILES string of the molecule is CCCOc1cncc(C(N)C(C)(C)OCC)c1. The summed E-state index contributed by atoms with van der Waals surface area (Å²) in [5.41, 5.74) is 6.75. The van der Waals surface area contributed by atoms with Crippen molar-refractivity contribution < 1.29 is 9.47 Å². The molecule has 0 saturated carbocycles. The second-order valence-electron chi connectivity index (χ2n) is 4.82. The van der Waals surface area contributed by atoms with Gasteiger partial charge in [-0.15, -0.1) is 0 Å². The topological polar surface area (TPSA) is 57.4 Å². The van der Waals surface area contributed by atoms with E-state index in [2.05, 4.69) is 11.9 Å². The normalized spacial score (nSPS) is 13.4. The third-order valence-corrected chi connectivity index (χ3v) is 2.83. The zero-order valence-corrected chi connectivity index (χ0v) is 11.8. The van der Waals surface area contributed by atoms with Crippen molar-refractivity contribution in [1.29, 1.82) is 0 Å². The van der Waals surface area contributed by atoms with E-state index in [1.807, 2.05) is 26.8 Å². The fourth-order valence-electron chi connectivity index (χ4n) is 1.77. The maximum absolute atomic E-state index is 6.24. The minimum absolute atomic E-state index is 0.227. The van der Waals surface area contributed by atoms with Gasteiger partial charge in [-0.05, 0) is 38.8 Å². The van der Waals surface area contributed by atoms with Crippen LogP contribution in [0.3, 0.4) is 0 Å². The van der Waals surface area contributed by atoms with Gasteiger partial charge in [-0.2, -0.15) is 0 Å². The maximum Gasteiger partial charge on any atom is 0.137 e. The van der Waals surface area contributed by atoms with E-state index in [-0.39, 0.29) is 6.04 Å². The maximum atomic E-state index is 6.24. The van der Waals surface area contributed by atoms with Gasteiger partial charge in [0, 0.05) is 12.8 Å². The van der Waals surface area contributed by atoms with Crippen LogP contribution in [0.5, 0.6) is 5.75 Å². The summed E-state index contributed by atoms with van der Waals surface area (Å²) in [7, 11) is 0. The van der Waals surface area contributed by atoms with Crippen molar-refractivity contribution in [2.75, 3.05) is 13.2 Å². The summed E-state index contributed by atoms with van der Waals surface area (Å²) in [6.07, 6.45) is 4.45. The summed E-state index contributed by atoms with van der Waals surface area (Å²) in [5.74, 6) is 0.761. The summed E-state index contributed by atoms with van der Waals surface area (Å²) < 4.78 is 11.2. The standard InChI is InChI=1S/C14H24N2O2/c1-5-7-17-12-8-11(9-16-10-12)13(15)14(3,4)18-6-2/h8-10,13H,5-7,15H2,1-4H3. The van der Waals surface area contributed by atoms with Crippen LogP contribution in [0.2, 0.25) is 0 Å².